The minimum absolute atomic E-state index is 0.0335. The van der Waals surface area contributed by atoms with E-state index in [0.717, 1.165) is 27.3 Å². The molecule has 164 valence electrons. The highest BCUT2D eigenvalue weighted by molar-refractivity contribution is 7.12. The smallest absolute Gasteiger partial charge is 0.223 e. The fourth-order valence-electron chi connectivity index (χ4n) is 3.71. The van der Waals surface area contributed by atoms with E-state index >= 15 is 0 Å². The first-order valence-corrected chi connectivity index (χ1v) is 11.3. The highest BCUT2D eigenvalue weighted by Crippen LogP contribution is 2.30. The summed E-state index contributed by atoms with van der Waals surface area (Å²) < 4.78 is 0. The second-order valence-electron chi connectivity index (χ2n) is 7.91. The topological polar surface area (TPSA) is 108 Å². The van der Waals surface area contributed by atoms with Crippen molar-refractivity contribution < 1.29 is 15.0 Å². The van der Waals surface area contributed by atoms with Crippen LogP contribution in [0.4, 0.5) is 5.69 Å². The van der Waals surface area contributed by atoms with Gasteiger partial charge in [-0.3, -0.25) is 4.79 Å². The summed E-state index contributed by atoms with van der Waals surface area (Å²) in [4.78, 5) is 17.8. The van der Waals surface area contributed by atoms with E-state index in [4.69, 9.17) is 5.73 Å². The molecule has 1 aliphatic carbocycles. The summed E-state index contributed by atoms with van der Waals surface area (Å²) >= 11 is 1.55. The van der Waals surface area contributed by atoms with Crippen LogP contribution < -0.4 is 11.1 Å². The summed E-state index contributed by atoms with van der Waals surface area (Å²) in [5.41, 5.74) is 8.38. The van der Waals surface area contributed by atoms with Gasteiger partial charge in [0.1, 0.15) is 11.6 Å². The number of aliphatic hydroxyl groups is 1. The zero-order valence-electron chi connectivity index (χ0n) is 17.5. The van der Waals surface area contributed by atoms with Crippen molar-refractivity contribution in [1.82, 2.24) is 5.32 Å². The van der Waals surface area contributed by atoms with Gasteiger partial charge in [-0.1, -0.05) is 36.4 Å². The molecule has 1 heterocycles. The van der Waals surface area contributed by atoms with Gasteiger partial charge in [0.2, 0.25) is 5.91 Å². The van der Waals surface area contributed by atoms with Crippen molar-refractivity contribution in [2.45, 2.75) is 24.9 Å². The highest BCUT2D eigenvalue weighted by Gasteiger charge is 2.30. The van der Waals surface area contributed by atoms with Gasteiger partial charge in [0.05, 0.1) is 22.6 Å². The maximum atomic E-state index is 12.4. The molecule has 1 unspecified atom stereocenters. The first-order chi connectivity index (χ1) is 15.4. The molecule has 6 nitrogen and oxygen atoms in total. The third-order valence-corrected chi connectivity index (χ3v) is 6.25. The molecule has 0 saturated heterocycles. The van der Waals surface area contributed by atoms with E-state index in [9.17, 15) is 15.0 Å². The number of aliphatic imine (C=N–C) groups is 1. The Bertz CT molecular complexity index is 1150. The first kappa shape index (κ1) is 21.8. The Morgan fingerprint density at radius 1 is 1.19 bits per heavy atom. The van der Waals surface area contributed by atoms with Gasteiger partial charge < -0.3 is 21.3 Å². The lowest BCUT2D eigenvalue weighted by molar-refractivity contribution is -0.124. The molecule has 0 radical (unpaired) electrons. The SMILES string of the molecule is NC(=Nc1ccc(CCNC(=O)CC2(O)C=Cc3ccc(O)cc3C2)cc1)c1cccs1. The van der Waals surface area contributed by atoms with Gasteiger partial charge in [-0.2, -0.15) is 0 Å². The van der Waals surface area contributed by atoms with Crippen molar-refractivity contribution in [1.29, 1.82) is 0 Å². The van der Waals surface area contributed by atoms with Gasteiger partial charge in [-0.15, -0.1) is 11.3 Å². The summed E-state index contributed by atoms with van der Waals surface area (Å²) in [5.74, 6) is 0.426. The van der Waals surface area contributed by atoms with Crippen LogP contribution in [0.3, 0.4) is 0 Å². The third kappa shape index (κ3) is 5.43. The first-order valence-electron chi connectivity index (χ1n) is 10.4. The van der Waals surface area contributed by atoms with Gasteiger partial charge in [0.25, 0.3) is 0 Å². The molecule has 4 rings (SSSR count). The molecule has 0 saturated carbocycles. The van der Waals surface area contributed by atoms with Crippen LogP contribution in [0, 0.1) is 0 Å². The molecule has 0 bridgehead atoms. The van der Waals surface area contributed by atoms with Crippen molar-refractivity contribution in [3.05, 3.63) is 87.6 Å². The summed E-state index contributed by atoms with van der Waals surface area (Å²) in [7, 11) is 0. The number of amides is 1. The maximum Gasteiger partial charge on any atom is 0.223 e. The molecule has 0 spiro atoms. The second kappa shape index (κ2) is 9.38. The number of rotatable bonds is 7. The number of benzene rings is 2. The molecule has 7 heteroatoms. The molecular weight excluding hydrogens is 422 g/mol. The van der Waals surface area contributed by atoms with E-state index in [2.05, 4.69) is 10.3 Å². The van der Waals surface area contributed by atoms with Crippen LogP contribution in [0.1, 0.15) is 28.0 Å². The number of nitrogens with two attached hydrogens (primary N) is 1. The summed E-state index contributed by atoms with van der Waals surface area (Å²) in [6.45, 7) is 0.468. The van der Waals surface area contributed by atoms with Crippen molar-refractivity contribution >= 4 is 34.8 Å². The average molecular weight is 448 g/mol. The Kier molecular flexibility index (Phi) is 6.39. The zero-order valence-corrected chi connectivity index (χ0v) is 18.3. The van der Waals surface area contributed by atoms with Gasteiger partial charge in [-0.05, 0) is 58.8 Å². The van der Waals surface area contributed by atoms with E-state index in [-0.39, 0.29) is 24.5 Å². The lowest BCUT2D eigenvalue weighted by Gasteiger charge is -2.28. The number of carbonyl (C=O) groups is 1. The molecule has 1 atom stereocenters. The number of thiophene rings is 1. The molecule has 2 aromatic carbocycles. The Labute approximate surface area is 190 Å². The fraction of sp³-hybridized carbons (Fsp3) is 0.200. The van der Waals surface area contributed by atoms with Crippen LogP contribution in [0.15, 0.2) is 71.0 Å². The predicted octanol–water partition coefficient (Wildman–Crippen LogP) is 3.54. The van der Waals surface area contributed by atoms with Crippen molar-refractivity contribution in [2.75, 3.05) is 6.54 Å². The van der Waals surface area contributed by atoms with Crippen LogP contribution in [-0.4, -0.2) is 34.1 Å². The van der Waals surface area contributed by atoms with Crippen molar-refractivity contribution in [3.8, 4) is 5.75 Å². The lowest BCUT2D eigenvalue weighted by atomic mass is 9.83. The van der Waals surface area contributed by atoms with Crippen LogP contribution in [0.5, 0.6) is 5.75 Å². The zero-order chi connectivity index (χ0) is 22.6. The lowest BCUT2D eigenvalue weighted by Crippen LogP contribution is -2.38. The van der Waals surface area contributed by atoms with Crippen LogP contribution in [0.2, 0.25) is 0 Å². The maximum absolute atomic E-state index is 12.4. The molecule has 1 aromatic heterocycles. The number of fused-ring (bicyclic) bond motifs is 1. The van der Waals surface area contributed by atoms with Crippen LogP contribution in [0.25, 0.3) is 6.08 Å². The predicted molar refractivity (Wildman–Crippen MR) is 128 cm³/mol. The van der Waals surface area contributed by atoms with Crippen molar-refractivity contribution in [3.63, 3.8) is 0 Å². The van der Waals surface area contributed by atoms with Crippen LogP contribution >= 0.6 is 11.3 Å². The van der Waals surface area contributed by atoms with Gasteiger partial charge in [-0.25, -0.2) is 4.99 Å². The Balaban J connectivity index is 1.27. The average Bonchev–Trinajstić information content (AvgIpc) is 3.29. The standard InChI is InChI=1S/C25H25N3O3S/c26-24(22-2-1-13-32-22)28-20-6-3-17(4-7-20)10-12-27-23(30)16-25(31)11-9-18-5-8-21(29)14-19(18)15-25/h1-9,11,13-14,29,31H,10,12,15-16H2,(H2,26,28)(H,27,30). The monoisotopic (exact) mass is 447 g/mol. The molecular formula is C25H25N3O3S. The molecule has 32 heavy (non-hydrogen) atoms. The van der Waals surface area contributed by atoms with Gasteiger partial charge in [0.15, 0.2) is 0 Å². The summed E-state index contributed by atoms with van der Waals surface area (Å²) in [5, 5.41) is 25.3. The molecule has 1 aliphatic rings. The van der Waals surface area contributed by atoms with E-state index in [1.807, 2.05) is 41.8 Å². The van der Waals surface area contributed by atoms with Gasteiger partial charge >= 0.3 is 0 Å². The number of carbonyl (C=O) groups excluding carboxylic acids is 1. The largest absolute Gasteiger partial charge is 0.508 e. The Morgan fingerprint density at radius 3 is 2.75 bits per heavy atom. The highest BCUT2D eigenvalue weighted by atomic mass is 32.1. The minimum atomic E-state index is -1.26. The number of phenols is 1. The Hall–Kier alpha value is -3.42. The van der Waals surface area contributed by atoms with Crippen LogP contribution in [-0.2, 0) is 17.6 Å². The van der Waals surface area contributed by atoms with E-state index < -0.39 is 5.60 Å². The molecule has 3 aromatic rings. The number of hydrogen-bond donors (Lipinski definition) is 4. The van der Waals surface area contributed by atoms with Crippen molar-refractivity contribution in [2.24, 2.45) is 10.7 Å². The normalized spacial score (nSPS) is 17.7. The second-order valence-corrected chi connectivity index (χ2v) is 8.86. The van der Waals surface area contributed by atoms with E-state index in [1.165, 1.54) is 0 Å². The molecule has 0 fully saturated rings. The number of aromatic hydroxyl groups is 1. The quantitative estimate of drug-likeness (QED) is 0.328. The Morgan fingerprint density at radius 2 is 2.00 bits per heavy atom. The number of phenolic OH excluding ortho intramolecular Hbond substituents is 1. The number of nitrogens with one attached hydrogen (secondary N) is 1. The number of amidine groups is 1. The number of nitrogens with zero attached hydrogens (tertiary/aromatic N) is 1. The third-order valence-electron chi connectivity index (χ3n) is 5.36. The fourth-order valence-corrected chi connectivity index (χ4v) is 4.33. The summed E-state index contributed by atoms with van der Waals surface area (Å²) in [6.07, 6.45) is 4.38. The van der Waals surface area contributed by atoms with E-state index in [0.29, 0.717) is 18.8 Å². The summed E-state index contributed by atoms with van der Waals surface area (Å²) in [6, 6.07) is 16.6. The van der Waals surface area contributed by atoms with E-state index in [1.54, 1.807) is 41.7 Å². The molecule has 5 N–H and O–H groups in total. The van der Waals surface area contributed by atoms with Gasteiger partial charge in [0, 0.05) is 13.0 Å². The minimum Gasteiger partial charge on any atom is -0.508 e. The number of hydrogen-bond acceptors (Lipinski definition) is 5. The molecule has 0 aliphatic heterocycles. The molecule has 1 amide bonds.